The number of aromatic nitrogens is 3. The lowest BCUT2D eigenvalue weighted by Gasteiger charge is -2.30. The summed E-state index contributed by atoms with van der Waals surface area (Å²) < 4.78 is 4.42. The molecule has 0 radical (unpaired) electrons. The third-order valence-electron chi connectivity index (χ3n) is 7.12. The number of fused-ring (bicyclic) bond motifs is 2. The van der Waals surface area contributed by atoms with Crippen molar-refractivity contribution in [3.8, 4) is 17.3 Å². The lowest BCUT2D eigenvalue weighted by atomic mass is 10.1. The lowest BCUT2D eigenvalue weighted by molar-refractivity contribution is 0.0709. The van der Waals surface area contributed by atoms with Crippen LogP contribution in [-0.2, 0) is 13.6 Å². The minimum Gasteiger partial charge on any atom is -0.508 e. The number of hydrogen-bond donors (Lipinski definition) is 2. The maximum absolute atomic E-state index is 13.1. The molecule has 33 heavy (non-hydrogen) atoms. The van der Waals surface area contributed by atoms with Gasteiger partial charge in [0.25, 0.3) is 5.91 Å². The Balaban J connectivity index is 1.42. The summed E-state index contributed by atoms with van der Waals surface area (Å²) in [4.78, 5) is 19.9. The molecule has 1 unspecified atom stereocenters. The summed E-state index contributed by atoms with van der Waals surface area (Å²) in [7, 11) is 2.02. The Morgan fingerprint density at radius 2 is 1.94 bits per heavy atom. The molecule has 2 aromatic carbocycles. The number of imidazole rings is 1. The topological polar surface area (TPSA) is 89.3 Å². The fourth-order valence-electron chi connectivity index (χ4n) is 5.14. The van der Waals surface area contributed by atoms with Gasteiger partial charge < -0.3 is 24.9 Å². The SMILES string of the molecule is Cn1c(-c2cc3cc(O)ccc3n2CC2CC2)nc2cc(C(=O)N3CCCC(N)C3)ccc21. The fraction of sp³-hybridized carbons (Fsp3) is 0.385. The monoisotopic (exact) mass is 443 g/mol. The number of benzene rings is 2. The molecule has 2 fully saturated rings. The molecule has 1 amide bonds. The van der Waals surface area contributed by atoms with Gasteiger partial charge in [-0.25, -0.2) is 4.98 Å². The Kier molecular flexibility index (Phi) is 4.69. The third-order valence-corrected chi connectivity index (χ3v) is 7.12. The largest absolute Gasteiger partial charge is 0.508 e. The Morgan fingerprint density at radius 1 is 1.12 bits per heavy atom. The normalized spacial score (nSPS) is 19.0. The van der Waals surface area contributed by atoms with Crippen LogP contribution in [0.1, 0.15) is 36.0 Å². The zero-order valence-electron chi connectivity index (χ0n) is 18.9. The summed E-state index contributed by atoms with van der Waals surface area (Å²) >= 11 is 0. The van der Waals surface area contributed by atoms with Crippen LogP contribution in [0.25, 0.3) is 33.5 Å². The van der Waals surface area contributed by atoms with Gasteiger partial charge in [-0.3, -0.25) is 4.79 Å². The number of amides is 1. The van der Waals surface area contributed by atoms with Gasteiger partial charge in [-0.05, 0) is 74.1 Å². The van der Waals surface area contributed by atoms with Crippen molar-refractivity contribution < 1.29 is 9.90 Å². The average Bonchev–Trinajstić information content (AvgIpc) is 3.48. The van der Waals surface area contributed by atoms with Crippen LogP contribution in [0.3, 0.4) is 0 Å². The molecule has 1 aliphatic carbocycles. The van der Waals surface area contributed by atoms with E-state index in [9.17, 15) is 9.90 Å². The fourth-order valence-corrected chi connectivity index (χ4v) is 5.14. The quantitative estimate of drug-likeness (QED) is 0.501. The molecule has 170 valence electrons. The van der Waals surface area contributed by atoms with Crippen LogP contribution in [0.15, 0.2) is 42.5 Å². The van der Waals surface area contributed by atoms with Gasteiger partial charge in [0.1, 0.15) is 5.75 Å². The molecule has 3 N–H and O–H groups in total. The van der Waals surface area contributed by atoms with Crippen molar-refractivity contribution in [2.75, 3.05) is 13.1 Å². The molecule has 1 aliphatic heterocycles. The predicted octanol–water partition coefficient (Wildman–Crippen LogP) is 3.87. The zero-order chi connectivity index (χ0) is 22.7. The van der Waals surface area contributed by atoms with Gasteiger partial charge in [-0.2, -0.15) is 0 Å². The molecule has 4 aromatic rings. The van der Waals surface area contributed by atoms with Gasteiger partial charge in [0.2, 0.25) is 0 Å². The first-order valence-corrected chi connectivity index (χ1v) is 11.8. The summed E-state index contributed by atoms with van der Waals surface area (Å²) in [5.74, 6) is 1.86. The second-order valence-corrected chi connectivity index (χ2v) is 9.68. The number of phenolic OH excluding ortho intramolecular Hbond substituents is 1. The Bertz CT molecular complexity index is 1380. The molecule has 0 bridgehead atoms. The van der Waals surface area contributed by atoms with E-state index in [-0.39, 0.29) is 17.7 Å². The van der Waals surface area contributed by atoms with Gasteiger partial charge in [0.05, 0.1) is 16.7 Å². The molecule has 2 aromatic heterocycles. The van der Waals surface area contributed by atoms with Crippen molar-refractivity contribution in [1.29, 1.82) is 0 Å². The van der Waals surface area contributed by atoms with E-state index in [1.54, 1.807) is 6.07 Å². The molecule has 0 spiro atoms. The summed E-state index contributed by atoms with van der Waals surface area (Å²) in [5, 5.41) is 11.0. The standard InChI is InChI=1S/C26H29N5O2/c1-29-23-8-6-17(26(33)30-10-2-3-19(27)15-30)12-21(23)28-25(29)24-13-18-11-20(32)7-9-22(18)31(24)14-16-4-5-16/h6-9,11-13,16,19,32H,2-5,10,14-15,27H2,1H3. The van der Waals surface area contributed by atoms with Crippen LogP contribution >= 0.6 is 0 Å². The summed E-state index contributed by atoms with van der Waals surface area (Å²) in [5.41, 5.74) is 10.7. The minimum atomic E-state index is 0.0255. The van der Waals surface area contributed by atoms with Crippen LogP contribution in [0.2, 0.25) is 0 Å². The van der Waals surface area contributed by atoms with Crippen molar-refractivity contribution in [1.82, 2.24) is 19.0 Å². The van der Waals surface area contributed by atoms with Gasteiger partial charge >= 0.3 is 0 Å². The summed E-state index contributed by atoms with van der Waals surface area (Å²) in [6.07, 6.45) is 4.43. The first-order chi connectivity index (χ1) is 16.0. The highest BCUT2D eigenvalue weighted by Crippen LogP contribution is 2.37. The highest BCUT2D eigenvalue weighted by Gasteiger charge is 2.26. The van der Waals surface area contributed by atoms with Crippen LogP contribution in [-0.4, -0.2) is 49.2 Å². The highest BCUT2D eigenvalue weighted by molar-refractivity contribution is 5.98. The van der Waals surface area contributed by atoms with E-state index in [1.807, 2.05) is 42.3 Å². The second kappa shape index (κ2) is 7.63. The number of hydrogen-bond acceptors (Lipinski definition) is 4. The van der Waals surface area contributed by atoms with Crippen molar-refractivity contribution in [3.63, 3.8) is 0 Å². The van der Waals surface area contributed by atoms with Crippen molar-refractivity contribution in [3.05, 3.63) is 48.0 Å². The van der Waals surface area contributed by atoms with Crippen molar-refractivity contribution >= 4 is 27.8 Å². The number of piperidine rings is 1. The number of nitrogens with two attached hydrogens (primary N) is 1. The summed E-state index contributed by atoms with van der Waals surface area (Å²) in [6, 6.07) is 13.5. The number of aromatic hydroxyl groups is 1. The molecule has 7 nitrogen and oxygen atoms in total. The van der Waals surface area contributed by atoms with Gasteiger partial charge in [-0.15, -0.1) is 0 Å². The lowest BCUT2D eigenvalue weighted by Crippen LogP contribution is -2.45. The van der Waals surface area contributed by atoms with E-state index >= 15 is 0 Å². The number of likely N-dealkylation sites (tertiary alicyclic amines) is 1. The van der Waals surface area contributed by atoms with E-state index in [4.69, 9.17) is 10.7 Å². The average molecular weight is 444 g/mol. The molecular weight excluding hydrogens is 414 g/mol. The molecule has 3 heterocycles. The highest BCUT2D eigenvalue weighted by atomic mass is 16.3. The zero-order valence-corrected chi connectivity index (χ0v) is 18.9. The molecule has 1 saturated heterocycles. The molecular formula is C26H29N5O2. The molecule has 7 heteroatoms. The van der Waals surface area contributed by atoms with Crippen LogP contribution < -0.4 is 5.73 Å². The first-order valence-electron chi connectivity index (χ1n) is 11.8. The maximum Gasteiger partial charge on any atom is 0.253 e. The Hall–Kier alpha value is -3.32. The number of carbonyl (C=O) groups excluding carboxylic acids is 1. The van der Waals surface area contributed by atoms with Crippen molar-refractivity contribution in [2.24, 2.45) is 18.7 Å². The van der Waals surface area contributed by atoms with Crippen LogP contribution in [0, 0.1) is 5.92 Å². The van der Waals surface area contributed by atoms with E-state index < -0.39 is 0 Å². The van der Waals surface area contributed by atoms with Crippen molar-refractivity contribution in [2.45, 2.75) is 38.3 Å². The number of rotatable bonds is 4. The van der Waals surface area contributed by atoms with Gasteiger partial charge in [0.15, 0.2) is 5.82 Å². The van der Waals surface area contributed by atoms with E-state index in [0.717, 1.165) is 59.4 Å². The van der Waals surface area contributed by atoms with Crippen LogP contribution in [0.4, 0.5) is 0 Å². The third kappa shape index (κ3) is 3.56. The maximum atomic E-state index is 13.1. The Labute approximate surface area is 192 Å². The van der Waals surface area contributed by atoms with Gasteiger partial charge in [0, 0.05) is 49.2 Å². The second-order valence-electron chi connectivity index (χ2n) is 9.68. The molecule has 2 aliphatic rings. The summed E-state index contributed by atoms with van der Waals surface area (Å²) in [6.45, 7) is 2.32. The number of carbonyl (C=O) groups is 1. The minimum absolute atomic E-state index is 0.0255. The Morgan fingerprint density at radius 3 is 2.73 bits per heavy atom. The van der Waals surface area contributed by atoms with E-state index in [1.165, 1.54) is 12.8 Å². The number of nitrogens with zero attached hydrogens (tertiary/aromatic N) is 4. The van der Waals surface area contributed by atoms with E-state index in [2.05, 4.69) is 15.2 Å². The van der Waals surface area contributed by atoms with Gasteiger partial charge in [-0.1, -0.05) is 0 Å². The number of phenols is 1. The predicted molar refractivity (Wildman–Crippen MR) is 129 cm³/mol. The molecule has 1 saturated carbocycles. The van der Waals surface area contributed by atoms with Crippen LogP contribution in [0.5, 0.6) is 5.75 Å². The molecule has 1 atom stereocenters. The first kappa shape index (κ1) is 20.3. The smallest absolute Gasteiger partial charge is 0.253 e. The number of aryl methyl sites for hydroxylation is 1. The molecule has 6 rings (SSSR count). The van der Waals surface area contributed by atoms with E-state index in [0.29, 0.717) is 18.0 Å².